The summed E-state index contributed by atoms with van der Waals surface area (Å²) in [5, 5.41) is 8.39. The van der Waals surface area contributed by atoms with Crippen LogP contribution in [0.5, 0.6) is 0 Å². The fourth-order valence-corrected chi connectivity index (χ4v) is 10.3. The van der Waals surface area contributed by atoms with Crippen molar-refractivity contribution in [3.63, 3.8) is 0 Å². The topological polar surface area (TPSA) is 0 Å². The maximum absolute atomic E-state index is 2.40. The second-order valence-corrected chi connectivity index (χ2v) is 17.4. The van der Waals surface area contributed by atoms with Crippen molar-refractivity contribution < 1.29 is 0 Å². The first-order valence-electron chi connectivity index (χ1n) is 20.7. The van der Waals surface area contributed by atoms with E-state index in [0.717, 1.165) is 0 Å². The molecule has 0 saturated carbocycles. The largest absolute Gasteiger partial charge is 0.140 e. The summed E-state index contributed by atoms with van der Waals surface area (Å²) in [4.78, 5) is 5.91. The Morgan fingerprint density at radius 3 is 1.06 bits per heavy atom. The molecule has 2 heteroatoms. The van der Waals surface area contributed by atoms with Crippen molar-refractivity contribution in [2.24, 2.45) is 0 Å². The van der Waals surface area contributed by atoms with Crippen molar-refractivity contribution in [2.75, 3.05) is 0 Å². The molecule has 0 aliphatic heterocycles. The van der Waals surface area contributed by atoms with E-state index in [2.05, 4.69) is 86.6 Å². The molecule has 0 nitrogen and oxygen atoms in total. The summed E-state index contributed by atoms with van der Waals surface area (Å²) in [6.07, 6.45) is 30.4. The third-order valence-corrected chi connectivity index (χ3v) is 13.4. The monoisotopic (exact) mass is 702 g/mol. The first-order chi connectivity index (χ1) is 24.8. The summed E-state index contributed by atoms with van der Waals surface area (Å²) in [6.45, 7) is 4.60. The minimum Gasteiger partial charge on any atom is -0.140 e. The number of rotatable bonds is 24. The molecule has 6 aromatic rings. The quantitative estimate of drug-likeness (QED) is 0.0435. The van der Waals surface area contributed by atoms with Crippen LogP contribution in [-0.2, 0) is 12.8 Å². The Morgan fingerprint density at radius 2 is 0.680 bits per heavy atom. The molecule has 0 aliphatic carbocycles. The second-order valence-electron chi connectivity index (χ2n) is 15.0. The SMILES string of the molecule is CCCCCCCCCCCCc1ccc(-c2ccc3ccc4c(-c5ccc(CCCCCCCCCCCC)s5)ccc5ccc2c3c54)s1. The lowest BCUT2D eigenvalue weighted by atomic mass is 9.89. The maximum Gasteiger partial charge on any atom is 0.0351 e. The summed E-state index contributed by atoms with van der Waals surface area (Å²) in [5.74, 6) is 0. The molecular formula is C48H62S2. The molecule has 0 fully saturated rings. The van der Waals surface area contributed by atoms with Crippen LogP contribution in [0.4, 0.5) is 0 Å². The summed E-state index contributed by atoms with van der Waals surface area (Å²) >= 11 is 4.03. The van der Waals surface area contributed by atoms with Crippen LogP contribution in [0.3, 0.4) is 0 Å². The van der Waals surface area contributed by atoms with Gasteiger partial charge in [0.05, 0.1) is 0 Å². The van der Waals surface area contributed by atoms with Crippen LogP contribution in [0, 0.1) is 0 Å². The molecule has 0 aliphatic rings. The fourth-order valence-electron chi connectivity index (χ4n) is 8.12. The molecule has 0 atom stereocenters. The van der Waals surface area contributed by atoms with Crippen molar-refractivity contribution in [1.82, 2.24) is 0 Å². The van der Waals surface area contributed by atoms with Gasteiger partial charge >= 0.3 is 0 Å². The van der Waals surface area contributed by atoms with E-state index in [9.17, 15) is 0 Å². The van der Waals surface area contributed by atoms with Gasteiger partial charge in [0.2, 0.25) is 0 Å². The highest BCUT2D eigenvalue weighted by atomic mass is 32.1. The zero-order valence-electron chi connectivity index (χ0n) is 31.3. The number of aryl methyl sites for hydroxylation is 2. The third-order valence-electron chi connectivity index (χ3n) is 11.1. The Bertz CT molecular complexity index is 1720. The molecule has 50 heavy (non-hydrogen) atoms. The molecule has 6 rings (SSSR count). The highest BCUT2D eigenvalue weighted by molar-refractivity contribution is 7.16. The van der Waals surface area contributed by atoms with E-state index in [4.69, 9.17) is 0 Å². The van der Waals surface area contributed by atoms with Gasteiger partial charge in [-0.2, -0.15) is 0 Å². The van der Waals surface area contributed by atoms with E-state index in [0.29, 0.717) is 0 Å². The van der Waals surface area contributed by atoms with Crippen LogP contribution >= 0.6 is 22.7 Å². The van der Waals surface area contributed by atoms with Gasteiger partial charge in [-0.3, -0.25) is 0 Å². The van der Waals surface area contributed by atoms with Gasteiger partial charge < -0.3 is 0 Å². The number of thiophene rings is 2. The number of hydrogen-bond acceptors (Lipinski definition) is 2. The molecule has 0 unspecified atom stereocenters. The third kappa shape index (κ3) is 9.80. The number of hydrogen-bond donors (Lipinski definition) is 0. The molecule has 2 heterocycles. The second kappa shape index (κ2) is 19.8. The molecule has 0 amide bonds. The van der Waals surface area contributed by atoms with Crippen LogP contribution in [0.2, 0.25) is 0 Å². The lowest BCUT2D eigenvalue weighted by molar-refractivity contribution is 0.557. The zero-order chi connectivity index (χ0) is 34.4. The van der Waals surface area contributed by atoms with Crippen LogP contribution < -0.4 is 0 Å². The minimum absolute atomic E-state index is 1.22. The summed E-state index contributed by atoms with van der Waals surface area (Å²) < 4.78 is 0. The molecule has 2 aromatic heterocycles. The first kappa shape index (κ1) is 37.1. The standard InChI is InChI=1S/C48H62S2/c1-3-5-7-9-11-13-15-17-19-21-23-39-29-35-45(49-39)41-31-25-37-28-34-44-42(32-26-38-27-33-43(41)47(37)48(38)44)46-36-30-40(50-46)24-22-20-18-16-14-12-10-8-6-4-2/h25-36H,3-24H2,1-2H3. The van der Waals surface area contributed by atoms with Gasteiger partial charge in [-0.05, 0) is 93.4 Å². The minimum atomic E-state index is 1.22. The van der Waals surface area contributed by atoms with E-state index in [1.165, 1.54) is 194 Å². The van der Waals surface area contributed by atoms with Crippen LogP contribution in [-0.4, -0.2) is 0 Å². The van der Waals surface area contributed by atoms with E-state index in [1.807, 2.05) is 22.7 Å². The molecule has 4 aromatic carbocycles. The average Bonchev–Trinajstić information content (AvgIpc) is 3.82. The van der Waals surface area contributed by atoms with Crippen LogP contribution in [0.1, 0.15) is 152 Å². The van der Waals surface area contributed by atoms with Gasteiger partial charge in [-0.15, -0.1) is 22.7 Å². The number of benzene rings is 4. The molecule has 0 saturated heterocycles. The summed E-state index contributed by atoms with van der Waals surface area (Å²) in [6, 6.07) is 28.5. The van der Waals surface area contributed by atoms with Gasteiger partial charge in [0.25, 0.3) is 0 Å². The molecule has 0 bridgehead atoms. The lowest BCUT2D eigenvalue weighted by Gasteiger charge is -2.15. The maximum atomic E-state index is 2.40. The highest BCUT2D eigenvalue weighted by Gasteiger charge is 2.16. The molecule has 0 N–H and O–H groups in total. The van der Waals surface area contributed by atoms with Crippen molar-refractivity contribution >= 4 is 55.0 Å². The first-order valence-corrected chi connectivity index (χ1v) is 22.3. The predicted octanol–water partition coefficient (Wildman–Crippen LogP) is 17.0. The van der Waals surface area contributed by atoms with Crippen molar-refractivity contribution in [1.29, 1.82) is 0 Å². The molecule has 0 spiro atoms. The Labute approximate surface area is 312 Å². The van der Waals surface area contributed by atoms with Gasteiger partial charge in [0, 0.05) is 19.5 Å². The highest BCUT2D eigenvalue weighted by Crippen LogP contribution is 2.44. The van der Waals surface area contributed by atoms with E-state index < -0.39 is 0 Å². The van der Waals surface area contributed by atoms with E-state index in [-0.39, 0.29) is 0 Å². The van der Waals surface area contributed by atoms with Gasteiger partial charge in [0.15, 0.2) is 0 Å². The predicted molar refractivity (Wildman–Crippen MR) is 228 cm³/mol. The zero-order valence-corrected chi connectivity index (χ0v) is 32.9. The lowest BCUT2D eigenvalue weighted by Crippen LogP contribution is -1.88. The van der Waals surface area contributed by atoms with Crippen LogP contribution in [0.15, 0.2) is 72.8 Å². The van der Waals surface area contributed by atoms with E-state index in [1.54, 1.807) is 9.75 Å². The smallest absolute Gasteiger partial charge is 0.0351 e. The molecule has 266 valence electrons. The normalized spacial score (nSPS) is 12.0. The molecule has 0 radical (unpaired) electrons. The van der Waals surface area contributed by atoms with Crippen molar-refractivity contribution in [2.45, 2.75) is 155 Å². The average molecular weight is 703 g/mol. The van der Waals surface area contributed by atoms with Crippen molar-refractivity contribution in [3.8, 4) is 20.9 Å². The van der Waals surface area contributed by atoms with Gasteiger partial charge in [-0.25, -0.2) is 0 Å². The van der Waals surface area contributed by atoms with Gasteiger partial charge in [-0.1, -0.05) is 178 Å². The summed E-state index contributed by atoms with van der Waals surface area (Å²) in [5.41, 5.74) is 2.79. The van der Waals surface area contributed by atoms with E-state index >= 15 is 0 Å². The fraction of sp³-hybridized carbons (Fsp3) is 0.500. The van der Waals surface area contributed by atoms with Crippen LogP contribution in [0.25, 0.3) is 53.2 Å². The molecular weight excluding hydrogens is 641 g/mol. The Morgan fingerprint density at radius 1 is 0.340 bits per heavy atom. The number of unbranched alkanes of at least 4 members (excludes halogenated alkanes) is 18. The van der Waals surface area contributed by atoms with Crippen molar-refractivity contribution in [3.05, 3.63) is 82.6 Å². The Hall–Kier alpha value is -2.68. The van der Waals surface area contributed by atoms with Gasteiger partial charge in [0.1, 0.15) is 0 Å². The summed E-state index contributed by atoms with van der Waals surface area (Å²) in [7, 11) is 0. The Kier molecular flexibility index (Phi) is 14.7. The Balaban J connectivity index is 1.08.